The maximum atomic E-state index is 12.6. The number of nitrogens with one attached hydrogen (secondary N) is 2. The van der Waals surface area contributed by atoms with Crippen LogP contribution in [0, 0.1) is 0 Å². The fourth-order valence-electron chi connectivity index (χ4n) is 2.57. The second-order valence-electron chi connectivity index (χ2n) is 5.91. The lowest BCUT2D eigenvalue weighted by Gasteiger charge is -2.13. The van der Waals surface area contributed by atoms with E-state index in [1.807, 2.05) is 30.3 Å². The summed E-state index contributed by atoms with van der Waals surface area (Å²) in [5.74, 6) is 1.25. The summed E-state index contributed by atoms with van der Waals surface area (Å²) in [4.78, 5) is 16.9. The van der Waals surface area contributed by atoms with E-state index in [0.29, 0.717) is 40.1 Å². The van der Waals surface area contributed by atoms with Crippen LogP contribution in [0.4, 0.5) is 11.5 Å². The molecule has 0 radical (unpaired) electrons. The Morgan fingerprint density at radius 3 is 2.43 bits per heavy atom. The lowest BCUT2D eigenvalue weighted by atomic mass is 10.2. The molecule has 144 valence electrons. The van der Waals surface area contributed by atoms with Gasteiger partial charge in [0.15, 0.2) is 0 Å². The van der Waals surface area contributed by atoms with Gasteiger partial charge in [-0.3, -0.25) is 4.79 Å². The van der Waals surface area contributed by atoms with E-state index in [0.717, 1.165) is 5.56 Å². The molecule has 0 aliphatic heterocycles. The number of anilines is 2. The summed E-state index contributed by atoms with van der Waals surface area (Å²) in [5, 5.41) is 6.41. The number of rotatable bonds is 7. The molecule has 6 nitrogen and oxygen atoms in total. The zero-order valence-electron chi connectivity index (χ0n) is 15.5. The second kappa shape index (κ2) is 9.10. The van der Waals surface area contributed by atoms with E-state index >= 15 is 0 Å². The highest BCUT2D eigenvalue weighted by Crippen LogP contribution is 2.36. The van der Waals surface area contributed by atoms with Crippen molar-refractivity contribution in [3.63, 3.8) is 0 Å². The van der Waals surface area contributed by atoms with E-state index in [4.69, 9.17) is 21.1 Å². The number of pyridine rings is 1. The Bertz CT molecular complexity index is 947. The second-order valence-corrected chi connectivity index (χ2v) is 6.32. The zero-order valence-corrected chi connectivity index (χ0v) is 16.3. The molecule has 0 unspecified atom stereocenters. The van der Waals surface area contributed by atoms with Crippen LogP contribution in [0.1, 0.15) is 15.9 Å². The number of carbonyl (C=O) groups is 1. The van der Waals surface area contributed by atoms with Crippen LogP contribution in [0.2, 0.25) is 5.02 Å². The predicted molar refractivity (Wildman–Crippen MR) is 111 cm³/mol. The van der Waals surface area contributed by atoms with Crippen LogP contribution >= 0.6 is 11.6 Å². The quantitative estimate of drug-likeness (QED) is 0.608. The Hall–Kier alpha value is -3.25. The van der Waals surface area contributed by atoms with Gasteiger partial charge in [0, 0.05) is 24.9 Å². The standard InChI is InChI=1S/C21H20ClN3O3/c1-27-18-11-17(19(28-2)10-16(18)22)25-21(26)15-8-9-20(24-13-15)23-12-14-6-4-3-5-7-14/h3-11,13H,12H2,1-2H3,(H,23,24)(H,25,26). The van der Waals surface area contributed by atoms with Crippen molar-refractivity contribution in [3.8, 4) is 11.5 Å². The van der Waals surface area contributed by atoms with Gasteiger partial charge in [0.1, 0.15) is 17.3 Å². The predicted octanol–water partition coefficient (Wildman–Crippen LogP) is 4.62. The number of halogens is 1. The third-order valence-electron chi connectivity index (χ3n) is 4.06. The first-order valence-electron chi connectivity index (χ1n) is 8.57. The highest BCUT2D eigenvalue weighted by Gasteiger charge is 2.14. The van der Waals surface area contributed by atoms with Crippen LogP contribution in [0.25, 0.3) is 0 Å². The average Bonchev–Trinajstić information content (AvgIpc) is 2.74. The Labute approximate surface area is 168 Å². The van der Waals surface area contributed by atoms with E-state index in [1.165, 1.54) is 20.4 Å². The number of nitrogens with zero attached hydrogens (tertiary/aromatic N) is 1. The summed E-state index contributed by atoms with van der Waals surface area (Å²) in [6.45, 7) is 0.654. The smallest absolute Gasteiger partial charge is 0.257 e. The summed E-state index contributed by atoms with van der Waals surface area (Å²) >= 11 is 6.09. The lowest BCUT2D eigenvalue weighted by molar-refractivity contribution is 0.102. The van der Waals surface area contributed by atoms with Gasteiger partial charge in [-0.05, 0) is 17.7 Å². The molecule has 0 aliphatic rings. The molecule has 0 aliphatic carbocycles. The minimum absolute atomic E-state index is 0.315. The van der Waals surface area contributed by atoms with Crippen LogP contribution in [0.5, 0.6) is 11.5 Å². The number of methoxy groups -OCH3 is 2. The van der Waals surface area contributed by atoms with Crippen LogP contribution in [0.15, 0.2) is 60.8 Å². The van der Waals surface area contributed by atoms with E-state index in [1.54, 1.807) is 24.3 Å². The van der Waals surface area contributed by atoms with Crippen molar-refractivity contribution in [1.29, 1.82) is 0 Å². The molecule has 3 aromatic rings. The number of hydrogen-bond acceptors (Lipinski definition) is 5. The molecule has 0 bridgehead atoms. The van der Waals surface area contributed by atoms with Crippen molar-refractivity contribution in [3.05, 3.63) is 76.9 Å². The van der Waals surface area contributed by atoms with Gasteiger partial charge in [-0.2, -0.15) is 0 Å². The van der Waals surface area contributed by atoms with Crippen LogP contribution < -0.4 is 20.1 Å². The van der Waals surface area contributed by atoms with Gasteiger partial charge in [0.2, 0.25) is 0 Å². The van der Waals surface area contributed by atoms with Crippen molar-refractivity contribution in [2.75, 3.05) is 24.9 Å². The zero-order chi connectivity index (χ0) is 19.9. The normalized spacial score (nSPS) is 10.2. The maximum absolute atomic E-state index is 12.6. The average molecular weight is 398 g/mol. The molecule has 0 atom stereocenters. The van der Waals surface area contributed by atoms with Crippen LogP contribution in [-0.4, -0.2) is 25.1 Å². The summed E-state index contributed by atoms with van der Waals surface area (Å²) in [6, 6.07) is 16.7. The topological polar surface area (TPSA) is 72.5 Å². The number of carbonyl (C=O) groups excluding carboxylic acids is 1. The van der Waals surface area contributed by atoms with Gasteiger partial charge >= 0.3 is 0 Å². The molecule has 0 saturated carbocycles. The number of amides is 1. The molecular formula is C21H20ClN3O3. The number of benzene rings is 2. The Kier molecular flexibility index (Phi) is 6.34. The van der Waals surface area contributed by atoms with E-state index < -0.39 is 0 Å². The molecule has 0 spiro atoms. The molecule has 0 saturated heterocycles. The summed E-state index contributed by atoms with van der Waals surface area (Å²) in [5.41, 5.74) is 2.02. The summed E-state index contributed by atoms with van der Waals surface area (Å²) in [7, 11) is 3.01. The van der Waals surface area contributed by atoms with Gasteiger partial charge in [-0.25, -0.2) is 4.98 Å². The van der Waals surface area contributed by atoms with Crippen molar-refractivity contribution in [1.82, 2.24) is 4.98 Å². The first kappa shape index (κ1) is 19.5. The fourth-order valence-corrected chi connectivity index (χ4v) is 2.80. The van der Waals surface area contributed by atoms with Gasteiger partial charge in [-0.15, -0.1) is 0 Å². The molecule has 1 heterocycles. The number of ether oxygens (including phenoxy) is 2. The van der Waals surface area contributed by atoms with Gasteiger partial charge < -0.3 is 20.1 Å². The summed E-state index contributed by atoms with van der Waals surface area (Å²) in [6.07, 6.45) is 1.52. The Morgan fingerprint density at radius 2 is 1.79 bits per heavy atom. The van der Waals surface area contributed by atoms with Crippen molar-refractivity contribution < 1.29 is 14.3 Å². The van der Waals surface area contributed by atoms with Crippen LogP contribution in [-0.2, 0) is 6.54 Å². The third-order valence-corrected chi connectivity index (χ3v) is 4.36. The highest BCUT2D eigenvalue weighted by molar-refractivity contribution is 6.32. The van der Waals surface area contributed by atoms with Crippen molar-refractivity contribution >= 4 is 29.0 Å². The van der Waals surface area contributed by atoms with Gasteiger partial charge in [-0.1, -0.05) is 41.9 Å². The summed E-state index contributed by atoms with van der Waals surface area (Å²) < 4.78 is 10.5. The Morgan fingerprint density at radius 1 is 1.04 bits per heavy atom. The van der Waals surface area contributed by atoms with E-state index in [2.05, 4.69) is 15.6 Å². The minimum Gasteiger partial charge on any atom is -0.495 e. The molecule has 1 aromatic heterocycles. The molecule has 3 rings (SSSR count). The first-order valence-corrected chi connectivity index (χ1v) is 8.95. The van der Waals surface area contributed by atoms with E-state index in [-0.39, 0.29) is 5.91 Å². The molecule has 28 heavy (non-hydrogen) atoms. The number of hydrogen-bond donors (Lipinski definition) is 2. The van der Waals surface area contributed by atoms with Crippen molar-refractivity contribution in [2.45, 2.75) is 6.54 Å². The lowest BCUT2D eigenvalue weighted by Crippen LogP contribution is -2.13. The maximum Gasteiger partial charge on any atom is 0.257 e. The van der Waals surface area contributed by atoms with Gasteiger partial charge in [0.25, 0.3) is 5.91 Å². The minimum atomic E-state index is -0.315. The molecule has 2 aromatic carbocycles. The fraction of sp³-hybridized carbons (Fsp3) is 0.143. The monoisotopic (exact) mass is 397 g/mol. The largest absolute Gasteiger partial charge is 0.495 e. The SMILES string of the molecule is COc1cc(NC(=O)c2ccc(NCc3ccccc3)nc2)c(OC)cc1Cl. The van der Waals surface area contributed by atoms with Gasteiger partial charge in [0.05, 0.1) is 30.5 Å². The number of aromatic nitrogens is 1. The van der Waals surface area contributed by atoms with E-state index in [9.17, 15) is 4.79 Å². The van der Waals surface area contributed by atoms with Crippen LogP contribution in [0.3, 0.4) is 0 Å². The highest BCUT2D eigenvalue weighted by atomic mass is 35.5. The first-order chi connectivity index (χ1) is 13.6. The molecule has 1 amide bonds. The van der Waals surface area contributed by atoms with Crippen molar-refractivity contribution in [2.24, 2.45) is 0 Å². The molecular weight excluding hydrogens is 378 g/mol. The Balaban J connectivity index is 1.68. The third kappa shape index (κ3) is 4.72. The molecule has 0 fully saturated rings. The molecule has 7 heteroatoms. The molecule has 2 N–H and O–H groups in total.